The lowest BCUT2D eigenvalue weighted by Gasteiger charge is -2.28. The first-order chi connectivity index (χ1) is 15.5. The van der Waals surface area contributed by atoms with Crippen molar-refractivity contribution in [3.05, 3.63) is 71.8 Å². The molecule has 0 unspecified atom stereocenters. The fraction of sp³-hybridized carbons (Fsp3) is 0.333. The van der Waals surface area contributed by atoms with Gasteiger partial charge in [0.15, 0.2) is 5.54 Å². The lowest BCUT2D eigenvalue weighted by molar-refractivity contribution is -0.134. The first kappa shape index (κ1) is 21.5. The van der Waals surface area contributed by atoms with E-state index in [1.54, 1.807) is 48.5 Å². The number of imide groups is 2. The van der Waals surface area contributed by atoms with Gasteiger partial charge in [-0.05, 0) is 24.0 Å². The second-order valence-electron chi connectivity index (χ2n) is 8.16. The van der Waals surface area contributed by atoms with E-state index in [0.29, 0.717) is 11.1 Å². The minimum atomic E-state index is -1.44. The zero-order valence-corrected chi connectivity index (χ0v) is 17.7. The summed E-state index contributed by atoms with van der Waals surface area (Å²) in [4.78, 5) is 51.9. The second kappa shape index (κ2) is 9.21. The van der Waals surface area contributed by atoms with E-state index in [2.05, 4.69) is 16.0 Å². The number of urea groups is 2. The number of amides is 6. The largest absolute Gasteiger partial charge is 0.335 e. The SMILES string of the molecule is O=C(CN1C(=O)NC(c2ccccc2)(c2ccccc2)C1=O)NC(=O)NC1CCCCC1. The van der Waals surface area contributed by atoms with Gasteiger partial charge in [0, 0.05) is 6.04 Å². The maximum atomic E-state index is 13.5. The lowest BCUT2D eigenvalue weighted by Crippen LogP contribution is -2.49. The molecular formula is C24H26N4O4. The van der Waals surface area contributed by atoms with Crippen molar-refractivity contribution >= 4 is 23.9 Å². The highest BCUT2D eigenvalue weighted by Crippen LogP contribution is 2.35. The molecule has 1 saturated carbocycles. The number of hydrogen-bond acceptors (Lipinski definition) is 4. The van der Waals surface area contributed by atoms with Crippen LogP contribution < -0.4 is 16.0 Å². The Labute approximate surface area is 186 Å². The van der Waals surface area contributed by atoms with Gasteiger partial charge in [0.25, 0.3) is 5.91 Å². The Morgan fingerprint density at radius 3 is 2.03 bits per heavy atom. The summed E-state index contributed by atoms with van der Waals surface area (Å²) in [6.45, 7) is -0.551. The van der Waals surface area contributed by atoms with Crippen LogP contribution in [0.5, 0.6) is 0 Å². The Kier molecular flexibility index (Phi) is 6.20. The minimum absolute atomic E-state index is 0.0390. The molecule has 8 nitrogen and oxygen atoms in total. The third kappa shape index (κ3) is 4.21. The minimum Gasteiger partial charge on any atom is -0.335 e. The molecule has 4 rings (SSSR count). The van der Waals surface area contributed by atoms with Crippen LogP contribution in [-0.4, -0.2) is 41.4 Å². The van der Waals surface area contributed by atoms with E-state index < -0.39 is 36.0 Å². The van der Waals surface area contributed by atoms with Gasteiger partial charge in [0.1, 0.15) is 6.54 Å². The van der Waals surface area contributed by atoms with Crippen molar-refractivity contribution in [1.29, 1.82) is 0 Å². The van der Waals surface area contributed by atoms with Gasteiger partial charge in [0.2, 0.25) is 5.91 Å². The number of nitrogens with one attached hydrogen (secondary N) is 3. The van der Waals surface area contributed by atoms with E-state index in [1.807, 2.05) is 12.1 Å². The molecule has 6 amide bonds. The predicted molar refractivity (Wildman–Crippen MR) is 117 cm³/mol. The number of rotatable bonds is 5. The van der Waals surface area contributed by atoms with Crippen molar-refractivity contribution in [3.8, 4) is 0 Å². The average Bonchev–Trinajstić information content (AvgIpc) is 3.06. The van der Waals surface area contributed by atoms with Crippen LogP contribution in [0.3, 0.4) is 0 Å². The van der Waals surface area contributed by atoms with Gasteiger partial charge in [-0.1, -0.05) is 79.9 Å². The summed E-state index contributed by atoms with van der Waals surface area (Å²) in [7, 11) is 0. The maximum absolute atomic E-state index is 13.5. The summed E-state index contributed by atoms with van der Waals surface area (Å²) in [5, 5.41) is 7.81. The molecule has 32 heavy (non-hydrogen) atoms. The Morgan fingerprint density at radius 2 is 1.47 bits per heavy atom. The normalized spacial score (nSPS) is 18.2. The van der Waals surface area contributed by atoms with Crippen molar-refractivity contribution in [3.63, 3.8) is 0 Å². The predicted octanol–water partition coefficient (Wildman–Crippen LogP) is 2.64. The van der Waals surface area contributed by atoms with E-state index >= 15 is 0 Å². The summed E-state index contributed by atoms with van der Waals surface area (Å²) in [5.74, 6) is -1.29. The van der Waals surface area contributed by atoms with Gasteiger partial charge in [-0.15, -0.1) is 0 Å². The van der Waals surface area contributed by atoms with Crippen molar-refractivity contribution < 1.29 is 19.2 Å². The monoisotopic (exact) mass is 434 g/mol. The van der Waals surface area contributed by atoms with Gasteiger partial charge in [-0.3, -0.25) is 19.8 Å². The highest BCUT2D eigenvalue weighted by molar-refractivity contribution is 6.12. The highest BCUT2D eigenvalue weighted by atomic mass is 16.2. The Morgan fingerprint density at radius 1 is 0.906 bits per heavy atom. The van der Waals surface area contributed by atoms with Gasteiger partial charge in [-0.25, -0.2) is 9.59 Å². The average molecular weight is 434 g/mol. The first-order valence-electron chi connectivity index (χ1n) is 10.9. The van der Waals surface area contributed by atoms with E-state index in [9.17, 15) is 19.2 Å². The molecule has 0 radical (unpaired) electrons. The molecule has 3 N–H and O–H groups in total. The topological polar surface area (TPSA) is 108 Å². The molecule has 0 aromatic heterocycles. The highest BCUT2D eigenvalue weighted by Gasteiger charge is 2.54. The molecular weight excluding hydrogens is 408 g/mol. The number of hydrogen-bond donors (Lipinski definition) is 3. The fourth-order valence-corrected chi connectivity index (χ4v) is 4.43. The molecule has 8 heteroatoms. The summed E-state index contributed by atoms with van der Waals surface area (Å²) < 4.78 is 0. The fourth-order valence-electron chi connectivity index (χ4n) is 4.43. The van der Waals surface area contributed by atoms with E-state index in [-0.39, 0.29) is 6.04 Å². The zero-order chi connectivity index (χ0) is 22.6. The van der Waals surface area contributed by atoms with Crippen molar-refractivity contribution in [2.75, 3.05) is 6.54 Å². The molecule has 1 heterocycles. The molecule has 1 aliphatic carbocycles. The van der Waals surface area contributed by atoms with Crippen molar-refractivity contribution in [2.45, 2.75) is 43.7 Å². The number of carbonyl (C=O) groups excluding carboxylic acids is 4. The molecule has 2 fully saturated rings. The molecule has 0 bridgehead atoms. The van der Waals surface area contributed by atoms with E-state index in [1.165, 1.54) is 0 Å². The van der Waals surface area contributed by atoms with Crippen LogP contribution in [0.4, 0.5) is 9.59 Å². The third-order valence-corrected chi connectivity index (χ3v) is 6.01. The molecule has 1 aliphatic heterocycles. The zero-order valence-electron chi connectivity index (χ0n) is 17.7. The summed E-state index contributed by atoms with van der Waals surface area (Å²) in [5.41, 5.74) is -0.269. The smallest absolute Gasteiger partial charge is 0.326 e. The summed E-state index contributed by atoms with van der Waals surface area (Å²) in [6.07, 6.45) is 5.00. The number of nitrogens with zero attached hydrogens (tertiary/aromatic N) is 1. The summed E-state index contributed by atoms with van der Waals surface area (Å²) in [6, 6.07) is 16.5. The van der Waals surface area contributed by atoms with Gasteiger partial charge in [0.05, 0.1) is 0 Å². The van der Waals surface area contributed by atoms with Crippen LogP contribution in [0.25, 0.3) is 0 Å². The summed E-state index contributed by atoms with van der Waals surface area (Å²) >= 11 is 0. The van der Waals surface area contributed by atoms with Crippen LogP contribution in [0, 0.1) is 0 Å². The second-order valence-corrected chi connectivity index (χ2v) is 8.16. The molecule has 1 saturated heterocycles. The van der Waals surface area contributed by atoms with Gasteiger partial charge >= 0.3 is 12.1 Å². The lowest BCUT2D eigenvalue weighted by atomic mass is 9.82. The van der Waals surface area contributed by atoms with Crippen LogP contribution in [0.2, 0.25) is 0 Å². The van der Waals surface area contributed by atoms with Crippen molar-refractivity contribution in [1.82, 2.24) is 20.9 Å². The van der Waals surface area contributed by atoms with Crippen LogP contribution in [-0.2, 0) is 15.1 Å². The third-order valence-electron chi connectivity index (χ3n) is 6.01. The number of benzene rings is 2. The molecule has 166 valence electrons. The van der Waals surface area contributed by atoms with Crippen LogP contribution in [0.15, 0.2) is 60.7 Å². The maximum Gasteiger partial charge on any atom is 0.326 e. The molecule has 0 atom stereocenters. The van der Waals surface area contributed by atoms with Gasteiger partial charge in [-0.2, -0.15) is 0 Å². The van der Waals surface area contributed by atoms with Gasteiger partial charge < -0.3 is 10.6 Å². The molecule has 2 aromatic carbocycles. The first-order valence-corrected chi connectivity index (χ1v) is 10.9. The van der Waals surface area contributed by atoms with Crippen LogP contribution in [0.1, 0.15) is 43.2 Å². The quantitative estimate of drug-likeness (QED) is 0.629. The molecule has 2 aliphatic rings. The molecule has 2 aromatic rings. The standard InChI is InChI=1S/C24H26N4O4/c29-20(26-22(31)25-19-14-8-3-9-15-19)16-28-21(30)24(27-23(28)32,17-10-4-1-5-11-17)18-12-6-2-7-13-18/h1-2,4-7,10-13,19H,3,8-9,14-16H2,(H,27,32)(H2,25,26,29,31). The van der Waals surface area contributed by atoms with Crippen molar-refractivity contribution in [2.24, 2.45) is 0 Å². The van der Waals surface area contributed by atoms with E-state index in [4.69, 9.17) is 0 Å². The Balaban J connectivity index is 1.50. The molecule has 0 spiro atoms. The Hall–Kier alpha value is -3.68. The number of carbonyl (C=O) groups is 4. The van der Waals surface area contributed by atoms with Crippen LogP contribution >= 0.6 is 0 Å². The van der Waals surface area contributed by atoms with E-state index in [0.717, 1.165) is 37.0 Å². The Bertz CT molecular complexity index is 964.